The van der Waals surface area contributed by atoms with Crippen molar-refractivity contribution in [3.05, 3.63) is 17.3 Å². The van der Waals surface area contributed by atoms with Crippen LogP contribution in [0.1, 0.15) is 0 Å². The summed E-state index contributed by atoms with van der Waals surface area (Å²) >= 11 is 0. The molecule has 90 valence electrons. The van der Waals surface area contributed by atoms with Crippen molar-refractivity contribution in [3.8, 4) is 5.75 Å². The smallest absolute Gasteiger partial charge is 0.0908 e. The van der Waals surface area contributed by atoms with Gasteiger partial charge in [-0.3, -0.25) is 26.0 Å². The van der Waals surface area contributed by atoms with Crippen LogP contribution in [0.3, 0.4) is 0 Å². The third-order valence-electron chi connectivity index (χ3n) is 1.69. The number of hydrogen-bond acceptors (Lipinski definition) is 10. The van der Waals surface area contributed by atoms with Crippen LogP contribution in [0.4, 0.5) is 17.1 Å². The monoisotopic (exact) mass is 233 g/mol. The van der Waals surface area contributed by atoms with Crippen molar-refractivity contribution in [3.63, 3.8) is 0 Å². The SMILES string of the molecule is [O-]c1c(N(O)O)cc(N([O-])O)cc1N(O)O. The standard InChI is InChI=1S/C6H8N3O7/c10-6-4(8(13)14)1-3(7(11)12)2-5(6)9(15)16/h1-2,10-11,13-16H/q-1/p-1. The second-order valence-electron chi connectivity index (χ2n) is 2.66. The van der Waals surface area contributed by atoms with Crippen LogP contribution in [-0.4, -0.2) is 26.0 Å². The summed E-state index contributed by atoms with van der Waals surface area (Å²) in [6.07, 6.45) is 0. The molecule has 0 bridgehead atoms. The summed E-state index contributed by atoms with van der Waals surface area (Å²) in [6, 6.07) is 1.25. The Kier molecular flexibility index (Phi) is 3.34. The minimum atomic E-state index is -1.18. The summed E-state index contributed by atoms with van der Waals surface area (Å²) in [6.45, 7) is 0. The van der Waals surface area contributed by atoms with Gasteiger partial charge in [-0.15, -0.1) is 10.5 Å². The van der Waals surface area contributed by atoms with Crippen LogP contribution in [0, 0.1) is 5.21 Å². The normalized spacial score (nSPS) is 10.1. The Morgan fingerprint density at radius 3 is 1.50 bits per heavy atom. The van der Waals surface area contributed by atoms with Gasteiger partial charge >= 0.3 is 0 Å². The fourth-order valence-electron chi connectivity index (χ4n) is 0.992. The molecular weight excluding hydrogens is 226 g/mol. The van der Waals surface area contributed by atoms with E-state index in [2.05, 4.69) is 0 Å². The van der Waals surface area contributed by atoms with Gasteiger partial charge in [0.25, 0.3) is 0 Å². The quantitative estimate of drug-likeness (QED) is 0.436. The largest absolute Gasteiger partial charge is 0.869 e. The Labute approximate surface area is 88.0 Å². The van der Waals surface area contributed by atoms with Crippen molar-refractivity contribution < 1.29 is 31.1 Å². The minimum absolute atomic E-state index is 0.606. The van der Waals surface area contributed by atoms with Crippen LogP contribution < -0.4 is 20.8 Å². The predicted octanol–water partition coefficient (Wildman–Crippen LogP) is -0.377. The number of hydrogen-bond donors (Lipinski definition) is 5. The van der Waals surface area contributed by atoms with Crippen molar-refractivity contribution in [2.45, 2.75) is 0 Å². The van der Waals surface area contributed by atoms with Crippen LogP contribution in [0.15, 0.2) is 12.1 Å². The van der Waals surface area contributed by atoms with E-state index >= 15 is 0 Å². The highest BCUT2D eigenvalue weighted by Crippen LogP contribution is 2.37. The Hall–Kier alpha value is -1.82. The van der Waals surface area contributed by atoms with Crippen LogP contribution in [0.2, 0.25) is 0 Å². The number of anilines is 3. The molecule has 0 saturated carbocycles. The molecule has 0 aromatic heterocycles. The van der Waals surface area contributed by atoms with Gasteiger partial charge in [-0.2, -0.15) is 0 Å². The highest BCUT2D eigenvalue weighted by molar-refractivity contribution is 5.75. The average Bonchev–Trinajstić information content (AvgIpc) is 2.16. The molecule has 5 N–H and O–H groups in total. The van der Waals surface area contributed by atoms with Gasteiger partial charge < -0.3 is 15.5 Å². The molecule has 0 atom stereocenters. The molecule has 0 unspecified atom stereocenters. The van der Waals surface area contributed by atoms with Crippen LogP contribution >= 0.6 is 0 Å². The first-order valence-electron chi connectivity index (χ1n) is 3.71. The van der Waals surface area contributed by atoms with Gasteiger partial charge in [-0.05, 0) is 12.1 Å². The number of benzene rings is 1. The minimum Gasteiger partial charge on any atom is -0.869 e. The molecule has 1 aromatic carbocycles. The van der Waals surface area contributed by atoms with Gasteiger partial charge in [-0.25, -0.2) is 0 Å². The second kappa shape index (κ2) is 4.36. The van der Waals surface area contributed by atoms with Gasteiger partial charge in [0.2, 0.25) is 0 Å². The summed E-state index contributed by atoms with van der Waals surface area (Å²) in [5.41, 5.74) is -2.31. The molecule has 10 nitrogen and oxygen atoms in total. The van der Waals surface area contributed by atoms with Crippen molar-refractivity contribution >= 4 is 17.1 Å². The van der Waals surface area contributed by atoms with Crippen LogP contribution in [0.5, 0.6) is 5.75 Å². The van der Waals surface area contributed by atoms with Gasteiger partial charge in [0, 0.05) is 0 Å². The Morgan fingerprint density at radius 2 is 1.25 bits per heavy atom. The van der Waals surface area contributed by atoms with E-state index in [0.29, 0.717) is 12.1 Å². The summed E-state index contributed by atoms with van der Waals surface area (Å²) in [5, 5.41) is 62.9. The molecule has 0 amide bonds. The van der Waals surface area contributed by atoms with Crippen molar-refractivity contribution in [1.29, 1.82) is 0 Å². The Bertz CT molecular complexity index is 351. The summed E-state index contributed by atoms with van der Waals surface area (Å²) in [7, 11) is 0. The van der Waals surface area contributed by atoms with E-state index in [9.17, 15) is 10.3 Å². The third kappa shape index (κ3) is 2.22. The molecule has 1 aromatic rings. The van der Waals surface area contributed by atoms with Crippen molar-refractivity contribution in [2.75, 3.05) is 15.7 Å². The molecule has 0 heterocycles. The lowest BCUT2D eigenvalue weighted by atomic mass is 10.2. The topological polar surface area (TPSA) is 157 Å². The van der Waals surface area contributed by atoms with Gasteiger partial charge in [0.1, 0.15) is 0 Å². The summed E-state index contributed by atoms with van der Waals surface area (Å²) < 4.78 is 0. The maximum Gasteiger partial charge on any atom is 0.0908 e. The Morgan fingerprint density at radius 1 is 0.875 bits per heavy atom. The average molecular weight is 233 g/mol. The van der Waals surface area contributed by atoms with Crippen LogP contribution in [-0.2, 0) is 0 Å². The maximum atomic E-state index is 11.3. The second-order valence-corrected chi connectivity index (χ2v) is 2.66. The fraction of sp³-hybridized carbons (Fsp3) is 0. The first-order chi connectivity index (χ1) is 7.34. The molecular formula is C6H7N3O7-2. The van der Waals surface area contributed by atoms with E-state index in [0.717, 1.165) is 0 Å². The van der Waals surface area contributed by atoms with E-state index in [1.54, 1.807) is 0 Å². The molecule has 0 aliphatic rings. The maximum absolute atomic E-state index is 11.3. The predicted molar refractivity (Wildman–Crippen MR) is 45.6 cm³/mol. The van der Waals surface area contributed by atoms with Crippen molar-refractivity contribution in [2.24, 2.45) is 0 Å². The first kappa shape index (κ1) is 12.3. The van der Waals surface area contributed by atoms with E-state index < -0.39 is 38.5 Å². The highest BCUT2D eigenvalue weighted by Gasteiger charge is 2.11. The molecule has 0 radical (unpaired) electrons. The van der Waals surface area contributed by atoms with E-state index in [1.165, 1.54) is 0 Å². The molecule has 0 aliphatic heterocycles. The zero-order valence-electron chi connectivity index (χ0n) is 7.55. The number of rotatable bonds is 3. The molecule has 10 heteroatoms. The first-order valence-corrected chi connectivity index (χ1v) is 3.71. The molecule has 16 heavy (non-hydrogen) atoms. The van der Waals surface area contributed by atoms with Crippen LogP contribution in [0.25, 0.3) is 0 Å². The zero-order valence-corrected chi connectivity index (χ0v) is 7.55. The molecule has 0 aliphatic carbocycles. The highest BCUT2D eigenvalue weighted by atomic mass is 16.8. The molecule has 0 saturated heterocycles. The summed E-state index contributed by atoms with van der Waals surface area (Å²) in [5.74, 6) is -1.18. The van der Waals surface area contributed by atoms with Gasteiger partial charge in [-0.1, -0.05) is 5.75 Å². The van der Waals surface area contributed by atoms with E-state index in [-0.39, 0.29) is 0 Å². The third-order valence-corrected chi connectivity index (χ3v) is 1.69. The van der Waals surface area contributed by atoms with Gasteiger partial charge in [0.15, 0.2) is 0 Å². The van der Waals surface area contributed by atoms with E-state index in [4.69, 9.17) is 26.0 Å². The molecule has 0 spiro atoms. The molecule has 1 rings (SSSR count). The van der Waals surface area contributed by atoms with E-state index in [1.807, 2.05) is 0 Å². The zero-order chi connectivity index (χ0) is 12.5. The number of nitrogens with zero attached hydrogens (tertiary/aromatic N) is 3. The summed E-state index contributed by atoms with van der Waals surface area (Å²) in [4.78, 5) is 0. The lowest BCUT2D eigenvalue weighted by Gasteiger charge is -2.28. The molecule has 0 fully saturated rings. The lowest BCUT2D eigenvalue weighted by Crippen LogP contribution is -2.20. The van der Waals surface area contributed by atoms with Gasteiger partial charge in [0.05, 0.1) is 17.1 Å². The fourth-order valence-corrected chi connectivity index (χ4v) is 0.992. The Balaban J connectivity index is 3.39. The lowest BCUT2D eigenvalue weighted by molar-refractivity contribution is -0.268. The van der Waals surface area contributed by atoms with Crippen molar-refractivity contribution in [1.82, 2.24) is 0 Å².